The Balaban J connectivity index is 1.66. The molecule has 0 radical (unpaired) electrons. The molecular formula is C16H26O6. The number of Topliss-reactive ketones (excluding diaryl/α,β-unsaturated/α-hetero) is 1. The van der Waals surface area contributed by atoms with Crippen LogP contribution in [0.25, 0.3) is 0 Å². The van der Waals surface area contributed by atoms with Gasteiger partial charge in [-0.3, -0.25) is 4.79 Å². The predicted molar refractivity (Wildman–Crippen MR) is 77.2 cm³/mol. The first-order chi connectivity index (χ1) is 10.5. The highest BCUT2D eigenvalue weighted by Gasteiger charge is 2.48. The minimum absolute atomic E-state index is 0.0315. The van der Waals surface area contributed by atoms with E-state index >= 15 is 0 Å². The zero-order chi connectivity index (χ0) is 15.9. The molecule has 8 atom stereocenters. The number of hydrogen-bond acceptors (Lipinski definition) is 6. The second-order valence-corrected chi connectivity index (χ2v) is 7.02. The van der Waals surface area contributed by atoms with Crippen LogP contribution < -0.4 is 0 Å². The first kappa shape index (κ1) is 16.3. The van der Waals surface area contributed by atoms with Crippen LogP contribution in [-0.4, -0.2) is 64.8 Å². The van der Waals surface area contributed by atoms with Crippen molar-refractivity contribution in [1.82, 2.24) is 0 Å². The van der Waals surface area contributed by atoms with Crippen LogP contribution >= 0.6 is 0 Å². The van der Waals surface area contributed by atoms with E-state index < -0.39 is 30.3 Å². The lowest BCUT2D eigenvalue weighted by molar-refractivity contribution is -0.184. The standard InChI is InChI=1S/C16H26O6/c1-21-13-3-2-8(4-10(13)18)14-7-12(20)16-11(19)5-9(17)6-15(16)22-14/h8-11,13-19H,2-7H2,1H3. The summed E-state index contributed by atoms with van der Waals surface area (Å²) in [6.45, 7) is 0. The molecule has 2 aliphatic carbocycles. The minimum atomic E-state index is -0.808. The number of hydrogen-bond donors (Lipinski definition) is 3. The van der Waals surface area contributed by atoms with E-state index in [0.717, 1.165) is 12.8 Å². The Hall–Kier alpha value is -0.530. The van der Waals surface area contributed by atoms with Gasteiger partial charge in [0, 0.05) is 26.4 Å². The Bertz CT molecular complexity index is 413. The van der Waals surface area contributed by atoms with Crippen molar-refractivity contribution in [1.29, 1.82) is 0 Å². The average Bonchev–Trinajstić information content (AvgIpc) is 2.45. The average molecular weight is 314 g/mol. The maximum Gasteiger partial charge on any atom is 0.143 e. The molecule has 6 heteroatoms. The summed E-state index contributed by atoms with van der Waals surface area (Å²) in [7, 11) is 1.60. The molecule has 126 valence electrons. The van der Waals surface area contributed by atoms with Crippen molar-refractivity contribution in [3.8, 4) is 0 Å². The zero-order valence-electron chi connectivity index (χ0n) is 12.9. The van der Waals surface area contributed by atoms with Gasteiger partial charge in [-0.05, 0) is 25.2 Å². The molecule has 0 bridgehead atoms. The fourth-order valence-corrected chi connectivity index (χ4v) is 4.39. The second kappa shape index (κ2) is 6.53. The topological polar surface area (TPSA) is 96.2 Å². The molecule has 1 aliphatic heterocycles. The quantitative estimate of drug-likeness (QED) is 0.665. The van der Waals surface area contributed by atoms with E-state index in [1.165, 1.54) is 0 Å². The molecule has 2 saturated carbocycles. The van der Waals surface area contributed by atoms with Gasteiger partial charge in [0.25, 0.3) is 0 Å². The minimum Gasteiger partial charge on any atom is -0.393 e. The highest BCUT2D eigenvalue weighted by molar-refractivity contribution is 5.83. The Morgan fingerprint density at radius 1 is 1.05 bits per heavy atom. The van der Waals surface area contributed by atoms with Crippen molar-refractivity contribution in [3.63, 3.8) is 0 Å². The highest BCUT2D eigenvalue weighted by Crippen LogP contribution is 2.39. The molecule has 3 aliphatic rings. The highest BCUT2D eigenvalue weighted by atomic mass is 16.5. The molecule has 0 amide bonds. The summed E-state index contributed by atoms with van der Waals surface area (Å²) in [6, 6.07) is 0. The van der Waals surface area contributed by atoms with Gasteiger partial charge in [-0.2, -0.15) is 0 Å². The molecule has 22 heavy (non-hydrogen) atoms. The number of aliphatic hydroxyl groups excluding tert-OH is 3. The smallest absolute Gasteiger partial charge is 0.143 e. The number of aliphatic hydroxyl groups is 3. The van der Waals surface area contributed by atoms with E-state index in [4.69, 9.17) is 9.47 Å². The molecule has 3 fully saturated rings. The number of ether oxygens (including phenoxy) is 2. The van der Waals surface area contributed by atoms with Gasteiger partial charge in [0.15, 0.2) is 0 Å². The van der Waals surface area contributed by atoms with Gasteiger partial charge in [-0.1, -0.05) is 0 Å². The number of carbonyl (C=O) groups excluding carboxylic acids is 1. The van der Waals surface area contributed by atoms with Gasteiger partial charge >= 0.3 is 0 Å². The molecule has 1 heterocycles. The molecule has 0 aromatic rings. The maximum atomic E-state index is 12.4. The molecule has 0 aromatic carbocycles. The van der Waals surface area contributed by atoms with E-state index in [1.54, 1.807) is 7.11 Å². The normalized spacial score (nSPS) is 49.7. The molecule has 6 nitrogen and oxygen atoms in total. The number of ketones is 1. The fraction of sp³-hybridized carbons (Fsp3) is 0.938. The first-order valence-electron chi connectivity index (χ1n) is 8.24. The summed E-state index contributed by atoms with van der Waals surface area (Å²) in [5.41, 5.74) is 0. The maximum absolute atomic E-state index is 12.4. The summed E-state index contributed by atoms with van der Waals surface area (Å²) in [5.74, 6) is -0.341. The lowest BCUT2D eigenvalue weighted by Crippen LogP contribution is -2.54. The van der Waals surface area contributed by atoms with Crippen LogP contribution in [0.15, 0.2) is 0 Å². The van der Waals surface area contributed by atoms with Gasteiger partial charge in [-0.15, -0.1) is 0 Å². The number of methoxy groups -OCH3 is 1. The number of fused-ring (bicyclic) bond motifs is 1. The fourth-order valence-electron chi connectivity index (χ4n) is 4.39. The summed E-state index contributed by atoms with van der Waals surface area (Å²) < 4.78 is 11.3. The molecule has 1 saturated heterocycles. The van der Waals surface area contributed by atoms with Crippen LogP contribution in [0.4, 0.5) is 0 Å². The van der Waals surface area contributed by atoms with Crippen LogP contribution in [0, 0.1) is 11.8 Å². The van der Waals surface area contributed by atoms with Crippen molar-refractivity contribution in [2.75, 3.05) is 7.11 Å². The van der Waals surface area contributed by atoms with Crippen LogP contribution in [0.5, 0.6) is 0 Å². The third-order valence-corrected chi connectivity index (χ3v) is 5.58. The van der Waals surface area contributed by atoms with Gasteiger partial charge < -0.3 is 24.8 Å². The van der Waals surface area contributed by atoms with Gasteiger partial charge in [-0.25, -0.2) is 0 Å². The van der Waals surface area contributed by atoms with E-state index in [-0.39, 0.29) is 30.3 Å². The van der Waals surface area contributed by atoms with Crippen molar-refractivity contribution in [2.45, 2.75) is 75.1 Å². The molecule has 0 aromatic heterocycles. The van der Waals surface area contributed by atoms with E-state index in [9.17, 15) is 20.1 Å². The van der Waals surface area contributed by atoms with E-state index in [1.807, 2.05) is 0 Å². The summed E-state index contributed by atoms with van der Waals surface area (Å²) >= 11 is 0. The Morgan fingerprint density at radius 2 is 1.82 bits per heavy atom. The lowest BCUT2D eigenvalue weighted by atomic mass is 9.73. The van der Waals surface area contributed by atoms with Crippen molar-refractivity contribution in [3.05, 3.63) is 0 Å². The van der Waals surface area contributed by atoms with Gasteiger partial charge in [0.2, 0.25) is 0 Å². The van der Waals surface area contributed by atoms with E-state index in [2.05, 4.69) is 0 Å². The molecule has 0 spiro atoms. The van der Waals surface area contributed by atoms with Crippen LogP contribution in [0.3, 0.4) is 0 Å². The largest absolute Gasteiger partial charge is 0.393 e. The second-order valence-electron chi connectivity index (χ2n) is 7.02. The molecule has 3 rings (SSSR count). The molecule has 8 unspecified atom stereocenters. The Kier molecular flexibility index (Phi) is 4.85. The third kappa shape index (κ3) is 3.08. The first-order valence-corrected chi connectivity index (χ1v) is 8.24. The van der Waals surface area contributed by atoms with Crippen LogP contribution in [0.2, 0.25) is 0 Å². The number of carbonyl (C=O) groups is 1. The van der Waals surface area contributed by atoms with Crippen molar-refractivity contribution < 1.29 is 29.6 Å². The van der Waals surface area contributed by atoms with Crippen molar-refractivity contribution in [2.24, 2.45) is 11.8 Å². The van der Waals surface area contributed by atoms with Gasteiger partial charge in [0.05, 0.1) is 42.5 Å². The molecular weight excluding hydrogens is 288 g/mol. The Labute approximate surface area is 130 Å². The third-order valence-electron chi connectivity index (χ3n) is 5.58. The van der Waals surface area contributed by atoms with Crippen molar-refractivity contribution >= 4 is 5.78 Å². The summed E-state index contributed by atoms with van der Waals surface area (Å²) in [6.07, 6.45) is 0.423. The van der Waals surface area contributed by atoms with Gasteiger partial charge in [0.1, 0.15) is 5.78 Å². The predicted octanol–water partition coefficient (Wildman–Crippen LogP) is 0.0208. The summed E-state index contributed by atoms with van der Waals surface area (Å²) in [4.78, 5) is 12.4. The molecule has 3 N–H and O–H groups in total. The van der Waals surface area contributed by atoms with E-state index in [0.29, 0.717) is 19.3 Å². The SMILES string of the molecule is COC1CCC(C2CC(=O)C3C(O)CC(O)CC3O2)CC1O. The Morgan fingerprint density at radius 3 is 2.50 bits per heavy atom. The lowest BCUT2D eigenvalue weighted by Gasteiger charge is -2.45. The zero-order valence-corrected chi connectivity index (χ0v) is 12.9. The number of rotatable bonds is 2. The van der Waals surface area contributed by atoms with Crippen LogP contribution in [-0.2, 0) is 14.3 Å². The van der Waals surface area contributed by atoms with Crippen LogP contribution in [0.1, 0.15) is 38.5 Å². The monoisotopic (exact) mass is 314 g/mol. The summed E-state index contributed by atoms with van der Waals surface area (Å²) in [5, 5.41) is 29.9.